The van der Waals surface area contributed by atoms with Crippen LogP contribution in [-0.2, 0) is 23.7 Å². The number of aliphatic imine (C=N–C) groups is 1. The predicted octanol–water partition coefficient (Wildman–Crippen LogP) is 4.34. The van der Waals surface area contributed by atoms with Crippen LogP contribution in [-0.4, -0.2) is 54.0 Å². The molecular formula is C24H36ClN5O. The van der Waals surface area contributed by atoms with Gasteiger partial charge in [-0.2, -0.15) is 5.10 Å². The summed E-state index contributed by atoms with van der Waals surface area (Å²) in [6.07, 6.45) is 3.95. The third-order valence-corrected chi connectivity index (χ3v) is 6.34. The molecule has 1 aliphatic rings. The Kier molecular flexibility index (Phi) is 8.00. The highest BCUT2D eigenvalue weighted by Gasteiger charge is 2.36. The van der Waals surface area contributed by atoms with Crippen LogP contribution in [0.25, 0.3) is 0 Å². The summed E-state index contributed by atoms with van der Waals surface area (Å²) < 4.78 is 7.58. The second kappa shape index (κ2) is 10.5. The minimum absolute atomic E-state index is 0.102. The highest BCUT2D eigenvalue weighted by atomic mass is 35.5. The van der Waals surface area contributed by atoms with Crippen molar-refractivity contribution in [2.24, 2.45) is 12.0 Å². The molecule has 1 aromatic carbocycles. The zero-order chi connectivity index (χ0) is 22.4. The molecule has 7 heteroatoms. The Morgan fingerprint density at radius 1 is 1.32 bits per heavy atom. The van der Waals surface area contributed by atoms with Crippen molar-refractivity contribution in [3.05, 3.63) is 52.3 Å². The minimum atomic E-state index is -0.102. The summed E-state index contributed by atoms with van der Waals surface area (Å²) in [5, 5.41) is 8.93. The second-order valence-corrected chi connectivity index (χ2v) is 9.17. The lowest BCUT2D eigenvalue weighted by Gasteiger charge is -2.37. The molecular weight excluding hydrogens is 410 g/mol. The van der Waals surface area contributed by atoms with Gasteiger partial charge in [0.1, 0.15) is 0 Å². The molecule has 3 rings (SSSR count). The molecule has 31 heavy (non-hydrogen) atoms. The summed E-state index contributed by atoms with van der Waals surface area (Å²) in [5.74, 6) is 1.29. The summed E-state index contributed by atoms with van der Waals surface area (Å²) in [6, 6.07) is 8.17. The Morgan fingerprint density at radius 2 is 2.03 bits per heavy atom. The van der Waals surface area contributed by atoms with Gasteiger partial charge in [0.25, 0.3) is 0 Å². The average Bonchev–Trinajstić information content (AvgIpc) is 3.12. The van der Waals surface area contributed by atoms with Gasteiger partial charge in [-0.25, -0.2) is 0 Å². The zero-order valence-corrected chi connectivity index (χ0v) is 20.2. The number of hydrogen-bond acceptors (Lipinski definition) is 3. The van der Waals surface area contributed by atoms with Crippen LogP contribution in [0.15, 0.2) is 35.5 Å². The number of hydrogen-bond donors (Lipinski definition) is 1. The molecule has 0 atom stereocenters. The van der Waals surface area contributed by atoms with Crippen molar-refractivity contribution in [2.45, 2.75) is 51.5 Å². The van der Waals surface area contributed by atoms with Gasteiger partial charge in [0, 0.05) is 62.6 Å². The fourth-order valence-electron chi connectivity index (χ4n) is 4.36. The number of benzene rings is 1. The Bertz CT molecular complexity index is 886. The summed E-state index contributed by atoms with van der Waals surface area (Å²) >= 11 is 6.62. The van der Waals surface area contributed by atoms with Crippen molar-refractivity contribution in [3.63, 3.8) is 0 Å². The van der Waals surface area contributed by atoms with Crippen molar-refractivity contribution in [2.75, 3.05) is 33.4 Å². The standard InChI is InChI=1S/C24H36ClN5O/c1-6-26-23(29(4)15-19-16-30(5)28-22(19)18(2)3)27-17-24(11-13-31-14-12-24)20-9-7-8-10-21(20)25/h7-10,16,18H,6,11-15,17H2,1-5H3,(H,26,27). The van der Waals surface area contributed by atoms with Crippen LogP contribution in [0.3, 0.4) is 0 Å². The molecule has 0 spiro atoms. The maximum atomic E-state index is 6.62. The number of guanidine groups is 1. The monoisotopic (exact) mass is 445 g/mol. The Labute approximate surface area is 191 Å². The normalized spacial score (nSPS) is 16.5. The van der Waals surface area contributed by atoms with E-state index < -0.39 is 0 Å². The quantitative estimate of drug-likeness (QED) is 0.508. The van der Waals surface area contributed by atoms with Crippen LogP contribution in [0.1, 0.15) is 56.4 Å². The maximum absolute atomic E-state index is 6.62. The van der Waals surface area contributed by atoms with Gasteiger partial charge < -0.3 is 15.0 Å². The van der Waals surface area contributed by atoms with E-state index >= 15 is 0 Å². The first kappa shape index (κ1) is 23.6. The highest BCUT2D eigenvalue weighted by molar-refractivity contribution is 6.31. The van der Waals surface area contributed by atoms with E-state index in [4.69, 9.17) is 21.3 Å². The smallest absolute Gasteiger partial charge is 0.193 e. The molecule has 1 aliphatic heterocycles. The first-order valence-electron chi connectivity index (χ1n) is 11.2. The Balaban J connectivity index is 1.85. The van der Waals surface area contributed by atoms with Crippen LogP contribution in [0.4, 0.5) is 0 Å². The van der Waals surface area contributed by atoms with Crippen molar-refractivity contribution in [1.82, 2.24) is 20.0 Å². The van der Waals surface area contributed by atoms with Gasteiger partial charge in [0.15, 0.2) is 5.96 Å². The minimum Gasteiger partial charge on any atom is -0.381 e. The summed E-state index contributed by atoms with van der Waals surface area (Å²) in [4.78, 5) is 7.28. The lowest BCUT2D eigenvalue weighted by molar-refractivity contribution is 0.0530. The van der Waals surface area contributed by atoms with E-state index in [1.54, 1.807) is 0 Å². The van der Waals surface area contributed by atoms with Gasteiger partial charge >= 0.3 is 0 Å². The van der Waals surface area contributed by atoms with Crippen LogP contribution in [0.5, 0.6) is 0 Å². The van der Waals surface area contributed by atoms with Gasteiger partial charge in [-0.15, -0.1) is 0 Å². The molecule has 1 fully saturated rings. The molecule has 0 saturated carbocycles. The third kappa shape index (κ3) is 5.60. The van der Waals surface area contributed by atoms with Gasteiger partial charge in [0.05, 0.1) is 12.2 Å². The number of rotatable bonds is 7. The third-order valence-electron chi connectivity index (χ3n) is 6.01. The number of aryl methyl sites for hydroxylation is 1. The van der Waals surface area contributed by atoms with E-state index in [1.807, 2.05) is 23.9 Å². The number of nitrogens with zero attached hydrogens (tertiary/aromatic N) is 4. The molecule has 1 N–H and O–H groups in total. The molecule has 0 unspecified atom stereocenters. The molecule has 0 amide bonds. The Morgan fingerprint density at radius 3 is 2.68 bits per heavy atom. The molecule has 0 bridgehead atoms. The molecule has 2 heterocycles. The molecule has 2 aromatic rings. The Hall–Kier alpha value is -2.05. The number of nitrogens with one attached hydrogen (secondary N) is 1. The number of ether oxygens (including phenoxy) is 1. The fraction of sp³-hybridized carbons (Fsp3) is 0.583. The van der Waals surface area contributed by atoms with E-state index in [9.17, 15) is 0 Å². The summed E-state index contributed by atoms with van der Waals surface area (Å²) in [5.41, 5.74) is 3.45. The first-order valence-corrected chi connectivity index (χ1v) is 11.6. The predicted molar refractivity (Wildman–Crippen MR) is 128 cm³/mol. The van der Waals surface area contributed by atoms with Gasteiger partial charge in [-0.1, -0.05) is 43.6 Å². The van der Waals surface area contributed by atoms with E-state index in [0.717, 1.165) is 55.8 Å². The molecule has 0 aliphatic carbocycles. The van der Waals surface area contributed by atoms with Gasteiger partial charge in [-0.05, 0) is 37.3 Å². The molecule has 1 saturated heterocycles. The van der Waals surface area contributed by atoms with Gasteiger partial charge in [0.2, 0.25) is 0 Å². The summed E-state index contributed by atoms with van der Waals surface area (Å²) in [7, 11) is 4.07. The lowest BCUT2D eigenvalue weighted by atomic mass is 9.74. The van der Waals surface area contributed by atoms with Crippen molar-refractivity contribution in [1.29, 1.82) is 0 Å². The second-order valence-electron chi connectivity index (χ2n) is 8.77. The van der Waals surface area contributed by atoms with Crippen LogP contribution >= 0.6 is 11.6 Å². The van der Waals surface area contributed by atoms with E-state index in [2.05, 4.69) is 61.5 Å². The fourth-order valence-corrected chi connectivity index (χ4v) is 4.69. The maximum Gasteiger partial charge on any atom is 0.193 e. The number of halogens is 1. The van der Waals surface area contributed by atoms with Crippen LogP contribution < -0.4 is 5.32 Å². The first-order chi connectivity index (χ1) is 14.9. The van der Waals surface area contributed by atoms with E-state index in [0.29, 0.717) is 12.5 Å². The van der Waals surface area contributed by atoms with Crippen molar-refractivity contribution >= 4 is 17.6 Å². The zero-order valence-electron chi connectivity index (χ0n) is 19.5. The van der Waals surface area contributed by atoms with Crippen LogP contribution in [0, 0.1) is 0 Å². The molecule has 170 valence electrons. The number of aromatic nitrogens is 2. The highest BCUT2D eigenvalue weighted by Crippen LogP contribution is 2.39. The molecule has 6 nitrogen and oxygen atoms in total. The molecule has 1 aromatic heterocycles. The SMILES string of the molecule is CCNC(=NCC1(c2ccccc2Cl)CCOCC1)N(C)Cc1cn(C)nc1C(C)C. The average molecular weight is 446 g/mol. The van der Waals surface area contributed by atoms with Crippen molar-refractivity contribution in [3.8, 4) is 0 Å². The topological polar surface area (TPSA) is 54.7 Å². The van der Waals surface area contributed by atoms with Crippen LogP contribution in [0.2, 0.25) is 5.02 Å². The summed E-state index contributed by atoms with van der Waals surface area (Å²) in [6.45, 7) is 10.2. The molecule has 0 radical (unpaired) electrons. The lowest BCUT2D eigenvalue weighted by Crippen LogP contribution is -2.42. The van der Waals surface area contributed by atoms with E-state index in [1.165, 1.54) is 11.1 Å². The van der Waals surface area contributed by atoms with Crippen molar-refractivity contribution < 1.29 is 4.74 Å². The van der Waals surface area contributed by atoms with E-state index in [-0.39, 0.29) is 5.41 Å². The largest absolute Gasteiger partial charge is 0.381 e. The van der Waals surface area contributed by atoms with Gasteiger partial charge in [-0.3, -0.25) is 9.67 Å².